The average molecular weight is 490 g/mol. The van der Waals surface area contributed by atoms with Crippen LogP contribution in [0.1, 0.15) is 37.0 Å². The molecule has 0 atom stereocenters. The highest BCUT2D eigenvalue weighted by atomic mass is 32.2. The lowest BCUT2D eigenvalue weighted by Gasteiger charge is -2.23. The van der Waals surface area contributed by atoms with Gasteiger partial charge in [0.15, 0.2) is 0 Å². The number of rotatable bonds is 11. The van der Waals surface area contributed by atoms with Crippen molar-refractivity contribution in [2.45, 2.75) is 31.6 Å². The fraction of sp³-hybridized carbons (Fsp3) is 0.435. The molecular weight excluding hydrogens is 458 g/mol. The van der Waals surface area contributed by atoms with Gasteiger partial charge in [-0.05, 0) is 43.2 Å². The number of carbonyl (C=O) groups excluding carboxylic acids is 1. The molecule has 2 N–H and O–H groups in total. The van der Waals surface area contributed by atoms with Crippen molar-refractivity contribution in [1.82, 2.24) is 9.62 Å². The van der Waals surface area contributed by atoms with Crippen LogP contribution in [0.4, 0.5) is 17.1 Å². The number of anilines is 2. The molecule has 1 amide bonds. The third-order valence-electron chi connectivity index (χ3n) is 5.82. The Kier molecular flexibility index (Phi) is 8.46. The molecule has 0 spiro atoms. The van der Waals surface area contributed by atoms with E-state index in [1.165, 1.54) is 22.5 Å². The summed E-state index contributed by atoms with van der Waals surface area (Å²) in [6.45, 7) is 6.61. The number of nitrogens with one attached hydrogen (secondary N) is 2. The number of nitro benzene ring substituents is 1. The van der Waals surface area contributed by atoms with Gasteiger partial charge in [0.2, 0.25) is 10.0 Å². The fourth-order valence-electron chi connectivity index (χ4n) is 3.98. The molecule has 1 heterocycles. The summed E-state index contributed by atoms with van der Waals surface area (Å²) in [5.41, 5.74) is 1.78. The Labute approximate surface area is 200 Å². The topological polar surface area (TPSA) is 125 Å². The van der Waals surface area contributed by atoms with Gasteiger partial charge >= 0.3 is 0 Å². The van der Waals surface area contributed by atoms with Crippen LogP contribution >= 0.6 is 0 Å². The summed E-state index contributed by atoms with van der Waals surface area (Å²) in [5.74, 6) is -0.344. The zero-order valence-corrected chi connectivity index (χ0v) is 20.3. The van der Waals surface area contributed by atoms with Crippen LogP contribution in [0.25, 0.3) is 0 Å². The molecule has 1 fully saturated rings. The van der Waals surface area contributed by atoms with E-state index in [1.807, 2.05) is 0 Å². The minimum atomic E-state index is -3.69. The van der Waals surface area contributed by atoms with Gasteiger partial charge < -0.3 is 15.5 Å². The van der Waals surface area contributed by atoms with Crippen LogP contribution in [-0.2, 0) is 10.0 Å². The first-order valence-corrected chi connectivity index (χ1v) is 12.9. The maximum absolute atomic E-state index is 13.1. The van der Waals surface area contributed by atoms with E-state index >= 15 is 0 Å². The minimum absolute atomic E-state index is 0.00726. The van der Waals surface area contributed by atoms with Gasteiger partial charge in [0.05, 0.1) is 15.4 Å². The number of non-ortho nitro benzene ring substituents is 1. The van der Waals surface area contributed by atoms with Gasteiger partial charge in [-0.2, -0.15) is 4.31 Å². The van der Waals surface area contributed by atoms with Crippen molar-refractivity contribution in [3.8, 4) is 0 Å². The second kappa shape index (κ2) is 11.3. The Balaban J connectivity index is 1.73. The second-order valence-electron chi connectivity index (χ2n) is 7.95. The summed E-state index contributed by atoms with van der Waals surface area (Å²) in [7, 11) is -3.69. The molecule has 2 aromatic rings. The highest BCUT2D eigenvalue weighted by Crippen LogP contribution is 2.28. The molecule has 2 aromatic carbocycles. The molecule has 0 saturated carbocycles. The molecule has 184 valence electrons. The van der Waals surface area contributed by atoms with Crippen molar-refractivity contribution in [3.63, 3.8) is 0 Å². The van der Waals surface area contributed by atoms with Crippen LogP contribution in [0.2, 0.25) is 0 Å². The van der Waals surface area contributed by atoms with E-state index < -0.39 is 14.9 Å². The molecule has 34 heavy (non-hydrogen) atoms. The van der Waals surface area contributed by atoms with E-state index in [-0.39, 0.29) is 16.5 Å². The number of benzene rings is 2. The molecule has 0 aliphatic carbocycles. The van der Waals surface area contributed by atoms with Crippen molar-refractivity contribution in [2.24, 2.45) is 0 Å². The van der Waals surface area contributed by atoms with Gasteiger partial charge in [-0.25, -0.2) is 8.42 Å². The van der Waals surface area contributed by atoms with Crippen molar-refractivity contribution in [1.29, 1.82) is 0 Å². The predicted molar refractivity (Wildman–Crippen MR) is 132 cm³/mol. The Hall–Kier alpha value is -3.18. The Morgan fingerprint density at radius 1 is 1.06 bits per heavy atom. The van der Waals surface area contributed by atoms with E-state index in [2.05, 4.69) is 15.5 Å². The van der Waals surface area contributed by atoms with Crippen molar-refractivity contribution in [3.05, 3.63) is 58.1 Å². The van der Waals surface area contributed by atoms with E-state index in [1.54, 1.807) is 38.1 Å². The summed E-state index contributed by atoms with van der Waals surface area (Å²) in [6.07, 6.45) is 2.05. The molecule has 10 nitrogen and oxygen atoms in total. The molecule has 0 radical (unpaired) electrons. The van der Waals surface area contributed by atoms with E-state index in [9.17, 15) is 23.3 Å². The summed E-state index contributed by atoms with van der Waals surface area (Å²) >= 11 is 0. The standard InChI is InChI=1S/C23H31N5O5S/c1-3-27(4-2)34(32,33)20-11-12-22(26-15-5-6-16-26)21(17-20)23(29)25-14-13-24-18-7-9-19(10-8-18)28(30)31/h7-12,17,24H,3-6,13-16H2,1-2H3,(H,25,29). The number of amides is 1. The smallest absolute Gasteiger partial charge is 0.269 e. The lowest BCUT2D eigenvalue weighted by Crippen LogP contribution is -2.33. The van der Waals surface area contributed by atoms with Crippen molar-refractivity contribution in [2.75, 3.05) is 49.5 Å². The number of sulfonamides is 1. The monoisotopic (exact) mass is 489 g/mol. The van der Waals surface area contributed by atoms with Gasteiger partial charge in [0.1, 0.15) is 0 Å². The molecule has 0 unspecified atom stereocenters. The first kappa shape index (κ1) is 25.4. The molecule has 1 aliphatic rings. The van der Waals surface area contributed by atoms with Crippen LogP contribution in [0, 0.1) is 10.1 Å². The van der Waals surface area contributed by atoms with Gasteiger partial charge in [-0.1, -0.05) is 13.8 Å². The quantitative estimate of drug-likeness (QED) is 0.282. The van der Waals surface area contributed by atoms with Gasteiger partial charge in [0, 0.05) is 62.8 Å². The Morgan fingerprint density at radius 2 is 1.71 bits per heavy atom. The van der Waals surface area contributed by atoms with E-state index in [0.29, 0.717) is 37.4 Å². The SMILES string of the molecule is CCN(CC)S(=O)(=O)c1ccc(N2CCCC2)c(C(=O)NCCNc2ccc([N+](=O)[O-])cc2)c1. The van der Waals surface area contributed by atoms with E-state index in [4.69, 9.17) is 0 Å². The van der Waals surface area contributed by atoms with Crippen LogP contribution in [0.15, 0.2) is 47.4 Å². The number of hydrogen-bond acceptors (Lipinski definition) is 7. The Bertz CT molecular complexity index is 1110. The molecule has 3 rings (SSSR count). The highest BCUT2D eigenvalue weighted by Gasteiger charge is 2.26. The van der Waals surface area contributed by atoms with E-state index in [0.717, 1.165) is 31.6 Å². The van der Waals surface area contributed by atoms with Gasteiger partial charge in [-0.15, -0.1) is 0 Å². The summed E-state index contributed by atoms with van der Waals surface area (Å²) in [5, 5.41) is 16.7. The van der Waals surface area contributed by atoms with Gasteiger partial charge in [0.25, 0.3) is 11.6 Å². The van der Waals surface area contributed by atoms with Crippen LogP contribution in [0.5, 0.6) is 0 Å². The number of carbonyl (C=O) groups is 1. The maximum Gasteiger partial charge on any atom is 0.269 e. The number of hydrogen-bond donors (Lipinski definition) is 2. The Morgan fingerprint density at radius 3 is 2.29 bits per heavy atom. The van der Waals surface area contributed by atoms with Gasteiger partial charge in [-0.3, -0.25) is 14.9 Å². The zero-order valence-electron chi connectivity index (χ0n) is 19.5. The normalized spacial score (nSPS) is 13.8. The van der Waals surface area contributed by atoms with Crippen molar-refractivity contribution >= 4 is 33.0 Å². The lowest BCUT2D eigenvalue weighted by atomic mass is 10.1. The summed E-state index contributed by atoms with van der Waals surface area (Å²) < 4.78 is 27.4. The van der Waals surface area contributed by atoms with Crippen LogP contribution in [0.3, 0.4) is 0 Å². The second-order valence-corrected chi connectivity index (χ2v) is 9.89. The fourth-order valence-corrected chi connectivity index (χ4v) is 5.47. The number of nitro groups is 1. The number of nitrogens with zero attached hydrogens (tertiary/aromatic N) is 3. The van der Waals surface area contributed by atoms with Crippen molar-refractivity contribution < 1.29 is 18.1 Å². The molecule has 0 bridgehead atoms. The molecule has 11 heteroatoms. The largest absolute Gasteiger partial charge is 0.383 e. The average Bonchev–Trinajstić information content (AvgIpc) is 3.37. The van der Waals surface area contributed by atoms with Crippen LogP contribution in [-0.4, -0.2) is 62.8 Å². The first-order chi connectivity index (χ1) is 16.3. The minimum Gasteiger partial charge on any atom is -0.383 e. The molecule has 1 saturated heterocycles. The molecular formula is C23H31N5O5S. The first-order valence-electron chi connectivity index (χ1n) is 11.4. The molecule has 1 aliphatic heterocycles. The zero-order chi connectivity index (χ0) is 24.7. The predicted octanol–water partition coefficient (Wildman–Crippen LogP) is 3.07. The summed E-state index contributed by atoms with van der Waals surface area (Å²) in [6, 6.07) is 10.8. The maximum atomic E-state index is 13.1. The lowest BCUT2D eigenvalue weighted by molar-refractivity contribution is -0.384. The summed E-state index contributed by atoms with van der Waals surface area (Å²) in [4.78, 5) is 25.6. The highest BCUT2D eigenvalue weighted by molar-refractivity contribution is 7.89. The third kappa shape index (κ3) is 5.84. The third-order valence-corrected chi connectivity index (χ3v) is 7.87. The molecule has 0 aromatic heterocycles. The van der Waals surface area contributed by atoms with Crippen LogP contribution < -0.4 is 15.5 Å².